The average molecular weight is 452 g/mol. The number of hydrogen-bond donors (Lipinski definition) is 2. The molecule has 4 rings (SSSR count). The Hall–Kier alpha value is -4.14. The highest BCUT2D eigenvalue weighted by Gasteiger charge is 2.40. The molecule has 3 N–H and O–H groups in total. The van der Waals surface area contributed by atoms with Gasteiger partial charge in [0.05, 0.1) is 44.9 Å². The first kappa shape index (κ1) is 22.1. The van der Waals surface area contributed by atoms with E-state index in [-0.39, 0.29) is 29.4 Å². The molecule has 0 radical (unpaired) electrons. The molecule has 1 aliphatic heterocycles. The van der Waals surface area contributed by atoms with Crippen molar-refractivity contribution < 1.29 is 28.5 Å². The second kappa shape index (κ2) is 8.78. The van der Waals surface area contributed by atoms with Crippen LogP contribution in [0, 0.1) is 0 Å². The summed E-state index contributed by atoms with van der Waals surface area (Å²) in [7, 11) is 4.47. The molecule has 2 heterocycles. The number of carbonyl (C=O) groups is 1. The quantitative estimate of drug-likeness (QED) is 0.548. The molecule has 0 unspecified atom stereocenters. The minimum absolute atomic E-state index is 0.00403. The summed E-state index contributed by atoms with van der Waals surface area (Å²) in [6.07, 6.45) is 0. The van der Waals surface area contributed by atoms with Crippen LogP contribution in [0.1, 0.15) is 24.0 Å². The van der Waals surface area contributed by atoms with Crippen LogP contribution >= 0.6 is 0 Å². The number of para-hydroxylation sites is 1. The maximum absolute atomic E-state index is 13.3. The largest absolute Gasteiger partial charge is 0.496 e. The van der Waals surface area contributed by atoms with Gasteiger partial charge in [-0.3, -0.25) is 4.79 Å². The molecule has 3 aromatic rings. The van der Waals surface area contributed by atoms with Crippen LogP contribution in [0.4, 0.5) is 0 Å². The second-order valence-corrected chi connectivity index (χ2v) is 7.23. The Morgan fingerprint density at radius 2 is 1.73 bits per heavy atom. The number of H-pyrrole nitrogens is 1. The molecule has 1 aromatic heterocycles. The SMILES string of the molecule is CCOC(=O)C1=C(N)Oc2c(c(=O)[nH]c3ccccc23)[C@H]1c1cc(OC)c(OC)cc1OC. The highest BCUT2D eigenvalue weighted by atomic mass is 16.5. The van der Waals surface area contributed by atoms with Gasteiger partial charge in [-0.15, -0.1) is 0 Å². The number of esters is 1. The lowest BCUT2D eigenvalue weighted by molar-refractivity contribution is -0.139. The third-order valence-corrected chi connectivity index (χ3v) is 5.51. The fourth-order valence-corrected chi connectivity index (χ4v) is 4.07. The fourth-order valence-electron chi connectivity index (χ4n) is 4.07. The summed E-state index contributed by atoms with van der Waals surface area (Å²) in [5.74, 6) is -0.355. The Kier molecular flexibility index (Phi) is 5.87. The van der Waals surface area contributed by atoms with Crippen molar-refractivity contribution in [1.82, 2.24) is 4.98 Å². The second-order valence-electron chi connectivity index (χ2n) is 7.23. The number of methoxy groups -OCH3 is 3. The van der Waals surface area contributed by atoms with E-state index < -0.39 is 17.4 Å². The zero-order valence-corrected chi connectivity index (χ0v) is 18.7. The van der Waals surface area contributed by atoms with E-state index >= 15 is 0 Å². The minimum Gasteiger partial charge on any atom is -0.496 e. The molecule has 9 heteroatoms. The number of rotatable bonds is 6. The molecule has 0 saturated heterocycles. The smallest absolute Gasteiger partial charge is 0.340 e. The van der Waals surface area contributed by atoms with Crippen LogP contribution in [0.2, 0.25) is 0 Å². The summed E-state index contributed by atoms with van der Waals surface area (Å²) in [4.78, 5) is 29.2. The van der Waals surface area contributed by atoms with Crippen molar-refractivity contribution in [2.75, 3.05) is 27.9 Å². The maximum Gasteiger partial charge on any atom is 0.340 e. The Morgan fingerprint density at radius 3 is 2.39 bits per heavy atom. The van der Waals surface area contributed by atoms with Gasteiger partial charge in [0.1, 0.15) is 17.1 Å². The molecular weight excluding hydrogens is 428 g/mol. The molecule has 0 spiro atoms. The predicted molar refractivity (Wildman–Crippen MR) is 121 cm³/mol. The highest BCUT2D eigenvalue weighted by Crippen LogP contribution is 2.48. The number of ether oxygens (including phenoxy) is 5. The molecule has 1 atom stereocenters. The van der Waals surface area contributed by atoms with Crippen LogP contribution < -0.4 is 30.2 Å². The van der Waals surface area contributed by atoms with Gasteiger partial charge >= 0.3 is 5.97 Å². The van der Waals surface area contributed by atoms with Crippen LogP contribution in [0.15, 0.2) is 52.6 Å². The maximum atomic E-state index is 13.3. The number of carbonyl (C=O) groups excluding carboxylic acids is 1. The van der Waals surface area contributed by atoms with Crippen LogP contribution in [0.3, 0.4) is 0 Å². The van der Waals surface area contributed by atoms with Crippen molar-refractivity contribution in [2.24, 2.45) is 5.73 Å². The number of nitrogens with two attached hydrogens (primary N) is 1. The highest BCUT2D eigenvalue weighted by molar-refractivity contribution is 5.95. The summed E-state index contributed by atoms with van der Waals surface area (Å²) >= 11 is 0. The molecule has 0 bridgehead atoms. The first-order chi connectivity index (χ1) is 15.9. The van der Waals surface area contributed by atoms with Crippen LogP contribution in [-0.4, -0.2) is 38.9 Å². The molecule has 0 aliphatic carbocycles. The van der Waals surface area contributed by atoms with E-state index in [1.807, 2.05) is 6.07 Å². The van der Waals surface area contributed by atoms with Crippen LogP contribution in [-0.2, 0) is 9.53 Å². The standard InChI is InChI=1S/C24H24N2O7/c1-5-32-24(28)20-18(13-10-16(30-3)17(31-4)11-15(13)29-2)19-21(33-22(20)25)12-8-6-7-9-14(12)26-23(19)27/h6-11,18H,5,25H2,1-4H3,(H,26,27)/t18-/m1/s1. The van der Waals surface area contributed by atoms with Crippen LogP contribution in [0.25, 0.3) is 10.9 Å². The average Bonchev–Trinajstić information content (AvgIpc) is 2.82. The zero-order chi connectivity index (χ0) is 23.7. The Balaban J connectivity index is 2.10. The molecule has 2 aromatic carbocycles. The van der Waals surface area contributed by atoms with E-state index in [0.717, 1.165) is 0 Å². The number of aromatic amines is 1. The number of fused-ring (bicyclic) bond motifs is 3. The number of aromatic nitrogens is 1. The molecule has 1 aliphatic rings. The molecule has 172 valence electrons. The lowest BCUT2D eigenvalue weighted by Gasteiger charge is -2.29. The van der Waals surface area contributed by atoms with Gasteiger partial charge < -0.3 is 34.4 Å². The van der Waals surface area contributed by atoms with Crippen molar-refractivity contribution in [3.63, 3.8) is 0 Å². The fraction of sp³-hybridized carbons (Fsp3) is 0.250. The molecule has 9 nitrogen and oxygen atoms in total. The van der Waals surface area contributed by atoms with Gasteiger partial charge in [0, 0.05) is 17.0 Å². The topological polar surface area (TPSA) is 122 Å². The molecule has 0 fully saturated rings. The van der Waals surface area contributed by atoms with Gasteiger partial charge in [0.25, 0.3) is 5.56 Å². The monoisotopic (exact) mass is 452 g/mol. The molecule has 33 heavy (non-hydrogen) atoms. The van der Waals surface area contributed by atoms with Crippen molar-refractivity contribution in [3.8, 4) is 23.0 Å². The van der Waals surface area contributed by atoms with Gasteiger partial charge in [-0.25, -0.2) is 4.79 Å². The van der Waals surface area contributed by atoms with E-state index in [1.54, 1.807) is 37.3 Å². The van der Waals surface area contributed by atoms with E-state index in [2.05, 4.69) is 4.98 Å². The number of hydrogen-bond acceptors (Lipinski definition) is 8. The zero-order valence-electron chi connectivity index (χ0n) is 18.7. The van der Waals surface area contributed by atoms with Gasteiger partial charge in [-0.2, -0.15) is 0 Å². The van der Waals surface area contributed by atoms with Crippen molar-refractivity contribution in [1.29, 1.82) is 0 Å². The Labute approximate surface area is 189 Å². The van der Waals surface area contributed by atoms with E-state index in [1.165, 1.54) is 21.3 Å². The van der Waals surface area contributed by atoms with Crippen molar-refractivity contribution in [2.45, 2.75) is 12.8 Å². The molecule has 0 saturated carbocycles. The van der Waals surface area contributed by atoms with Gasteiger partial charge in [0.2, 0.25) is 5.88 Å². The summed E-state index contributed by atoms with van der Waals surface area (Å²) in [6, 6.07) is 10.4. The summed E-state index contributed by atoms with van der Waals surface area (Å²) in [5.41, 5.74) is 7.07. The van der Waals surface area contributed by atoms with Gasteiger partial charge in [-0.1, -0.05) is 12.1 Å². The first-order valence-electron chi connectivity index (χ1n) is 10.2. The van der Waals surface area contributed by atoms with E-state index in [0.29, 0.717) is 33.7 Å². The molecular formula is C24H24N2O7. The third-order valence-electron chi connectivity index (χ3n) is 5.51. The van der Waals surface area contributed by atoms with E-state index in [4.69, 9.17) is 29.4 Å². The normalized spacial score (nSPS) is 15.0. The molecule has 0 amide bonds. The van der Waals surface area contributed by atoms with Gasteiger partial charge in [-0.05, 0) is 25.1 Å². The Bertz CT molecular complexity index is 1330. The minimum atomic E-state index is -0.948. The number of pyridine rings is 1. The lowest BCUT2D eigenvalue weighted by atomic mass is 9.82. The van der Waals surface area contributed by atoms with Gasteiger partial charge in [0.15, 0.2) is 11.5 Å². The first-order valence-corrected chi connectivity index (χ1v) is 10.2. The summed E-state index contributed by atoms with van der Waals surface area (Å²) in [5, 5.41) is 0.641. The van der Waals surface area contributed by atoms with Crippen molar-refractivity contribution in [3.05, 3.63) is 69.3 Å². The predicted octanol–water partition coefficient (Wildman–Crippen LogP) is 2.81. The van der Waals surface area contributed by atoms with Crippen molar-refractivity contribution >= 4 is 16.9 Å². The van der Waals surface area contributed by atoms with Crippen LogP contribution in [0.5, 0.6) is 23.0 Å². The number of nitrogens with one attached hydrogen (secondary N) is 1. The summed E-state index contributed by atoms with van der Waals surface area (Å²) in [6.45, 7) is 1.80. The summed E-state index contributed by atoms with van der Waals surface area (Å²) < 4.78 is 27.6. The lowest BCUT2D eigenvalue weighted by Crippen LogP contribution is -2.32. The third kappa shape index (κ3) is 3.61. The van der Waals surface area contributed by atoms with E-state index in [9.17, 15) is 9.59 Å². The number of benzene rings is 2. The Morgan fingerprint density at radius 1 is 1.06 bits per heavy atom.